The van der Waals surface area contributed by atoms with Crippen LogP contribution < -0.4 is 5.32 Å². The van der Waals surface area contributed by atoms with Gasteiger partial charge in [0.2, 0.25) is 11.8 Å². The van der Waals surface area contributed by atoms with E-state index in [2.05, 4.69) is 30.4 Å². The van der Waals surface area contributed by atoms with Crippen LogP contribution in [0.1, 0.15) is 49.9 Å². The molecule has 0 radical (unpaired) electrons. The summed E-state index contributed by atoms with van der Waals surface area (Å²) < 4.78 is 0. The Morgan fingerprint density at radius 1 is 1.07 bits per heavy atom. The number of aryl methyl sites for hydroxylation is 2. The fourth-order valence-corrected chi connectivity index (χ4v) is 4.15. The Hall–Kier alpha value is -2.27. The van der Waals surface area contributed by atoms with Crippen molar-refractivity contribution in [1.82, 2.24) is 10.2 Å². The van der Waals surface area contributed by atoms with E-state index >= 15 is 0 Å². The van der Waals surface area contributed by atoms with Crippen molar-refractivity contribution in [2.24, 2.45) is 0 Å². The molecule has 0 aliphatic rings. The molecule has 0 aliphatic carbocycles. The van der Waals surface area contributed by atoms with E-state index in [0.717, 1.165) is 16.9 Å². The van der Waals surface area contributed by atoms with Gasteiger partial charge in [-0.2, -0.15) is 0 Å². The lowest BCUT2D eigenvalue weighted by atomic mass is 10.1. The van der Waals surface area contributed by atoms with Crippen LogP contribution in [0.5, 0.6) is 0 Å². The number of thioether (sulfide) groups is 1. The van der Waals surface area contributed by atoms with E-state index in [0.29, 0.717) is 12.3 Å². The van der Waals surface area contributed by atoms with Crippen LogP contribution in [0.15, 0.2) is 48.5 Å². The van der Waals surface area contributed by atoms with Gasteiger partial charge >= 0.3 is 0 Å². The van der Waals surface area contributed by atoms with Crippen LogP contribution in [-0.4, -0.2) is 34.0 Å². The summed E-state index contributed by atoms with van der Waals surface area (Å²) >= 11 is 1.59. The molecule has 0 fully saturated rings. The molecule has 0 bridgehead atoms. The topological polar surface area (TPSA) is 49.4 Å². The maximum Gasteiger partial charge on any atom is 0.242 e. The number of benzene rings is 2. The van der Waals surface area contributed by atoms with E-state index in [-0.39, 0.29) is 17.4 Å². The average Bonchev–Trinajstić information content (AvgIpc) is 2.65. The molecule has 2 rings (SSSR count). The van der Waals surface area contributed by atoms with Gasteiger partial charge in [-0.15, -0.1) is 11.8 Å². The molecule has 1 atom stereocenters. The Kier molecular flexibility index (Phi) is 8.54. The smallest absolute Gasteiger partial charge is 0.242 e. The second kappa shape index (κ2) is 10.7. The van der Waals surface area contributed by atoms with Gasteiger partial charge in [0, 0.05) is 17.8 Å². The van der Waals surface area contributed by atoms with Crippen molar-refractivity contribution >= 4 is 23.6 Å². The highest BCUT2D eigenvalue weighted by atomic mass is 32.2. The third-order valence-corrected chi connectivity index (χ3v) is 5.81. The normalized spacial score (nSPS) is 12.3. The van der Waals surface area contributed by atoms with Crippen LogP contribution in [0.4, 0.5) is 0 Å². The molecule has 2 aromatic carbocycles. The van der Waals surface area contributed by atoms with E-state index < -0.39 is 6.04 Å². The predicted octanol–water partition coefficient (Wildman–Crippen LogP) is 4.87. The molecular weight excluding hydrogens is 392 g/mol. The van der Waals surface area contributed by atoms with Crippen molar-refractivity contribution in [1.29, 1.82) is 0 Å². The van der Waals surface area contributed by atoms with Crippen LogP contribution in [0.25, 0.3) is 0 Å². The first-order valence-corrected chi connectivity index (χ1v) is 11.5. The summed E-state index contributed by atoms with van der Waals surface area (Å²) in [7, 11) is 0. The standard InChI is InChI=1S/C25H34N2O2S/c1-18-10-9-12-21(14-18)15-27(20(3)24(29)26-25(4,5)6)23(28)17-30-16-22-13-8-7-11-19(22)2/h7-14,20H,15-17H2,1-6H3,(H,26,29)/t20-/m1/s1. The van der Waals surface area contributed by atoms with Gasteiger partial charge in [-0.05, 0) is 58.2 Å². The summed E-state index contributed by atoms with van der Waals surface area (Å²) in [5.41, 5.74) is 4.29. The Morgan fingerprint density at radius 3 is 2.40 bits per heavy atom. The maximum absolute atomic E-state index is 13.1. The first kappa shape index (κ1) is 24.0. The number of nitrogens with one attached hydrogen (secondary N) is 1. The second-order valence-corrected chi connectivity index (χ2v) is 9.83. The lowest BCUT2D eigenvalue weighted by molar-refractivity contribution is -0.139. The van der Waals surface area contributed by atoms with Crippen LogP contribution in [-0.2, 0) is 21.9 Å². The Morgan fingerprint density at radius 2 is 1.77 bits per heavy atom. The summed E-state index contributed by atoms with van der Waals surface area (Å²) in [4.78, 5) is 27.6. The summed E-state index contributed by atoms with van der Waals surface area (Å²) in [6, 6.07) is 15.8. The van der Waals surface area contributed by atoms with E-state index in [4.69, 9.17) is 0 Å². The molecule has 0 saturated carbocycles. The lowest BCUT2D eigenvalue weighted by Crippen LogP contribution is -2.52. The molecular formula is C25H34N2O2S. The molecule has 0 spiro atoms. The van der Waals surface area contributed by atoms with Crippen molar-refractivity contribution in [3.8, 4) is 0 Å². The quantitative estimate of drug-likeness (QED) is 0.655. The monoisotopic (exact) mass is 426 g/mol. The predicted molar refractivity (Wildman–Crippen MR) is 126 cm³/mol. The maximum atomic E-state index is 13.1. The van der Waals surface area contributed by atoms with Gasteiger partial charge < -0.3 is 10.2 Å². The van der Waals surface area contributed by atoms with Gasteiger partial charge in [0.05, 0.1) is 5.75 Å². The number of hydrogen-bond donors (Lipinski definition) is 1. The van der Waals surface area contributed by atoms with Gasteiger partial charge in [-0.25, -0.2) is 0 Å². The van der Waals surface area contributed by atoms with Crippen LogP contribution in [0, 0.1) is 13.8 Å². The summed E-state index contributed by atoms with van der Waals surface area (Å²) in [6.07, 6.45) is 0. The third kappa shape index (κ3) is 7.52. The first-order chi connectivity index (χ1) is 14.1. The molecule has 162 valence electrons. The number of rotatable bonds is 8. The summed E-state index contributed by atoms with van der Waals surface area (Å²) in [5.74, 6) is 0.964. The van der Waals surface area contributed by atoms with Gasteiger partial charge in [0.15, 0.2) is 0 Å². The van der Waals surface area contributed by atoms with E-state index in [9.17, 15) is 9.59 Å². The van der Waals surface area contributed by atoms with Gasteiger partial charge in [0.1, 0.15) is 6.04 Å². The van der Waals surface area contributed by atoms with E-state index in [1.54, 1.807) is 23.6 Å². The molecule has 2 aromatic rings. The molecule has 0 aliphatic heterocycles. The molecule has 0 unspecified atom stereocenters. The number of carbonyl (C=O) groups excluding carboxylic acids is 2. The van der Waals surface area contributed by atoms with Crippen LogP contribution in [0.3, 0.4) is 0 Å². The minimum atomic E-state index is -0.545. The Labute approximate surface area is 185 Å². The van der Waals surface area contributed by atoms with E-state index in [1.165, 1.54) is 11.1 Å². The highest BCUT2D eigenvalue weighted by Gasteiger charge is 2.28. The van der Waals surface area contributed by atoms with Gasteiger partial charge in [-0.1, -0.05) is 54.1 Å². The minimum Gasteiger partial charge on any atom is -0.350 e. The molecule has 0 aromatic heterocycles. The largest absolute Gasteiger partial charge is 0.350 e. The average molecular weight is 427 g/mol. The summed E-state index contributed by atoms with van der Waals surface area (Å²) in [6.45, 7) is 12.2. The third-order valence-electron chi connectivity index (χ3n) is 4.85. The number of amides is 2. The van der Waals surface area contributed by atoms with Crippen molar-refractivity contribution in [2.45, 2.75) is 65.4 Å². The van der Waals surface area contributed by atoms with Gasteiger partial charge in [0.25, 0.3) is 0 Å². The molecule has 2 amide bonds. The van der Waals surface area contributed by atoms with Gasteiger partial charge in [-0.3, -0.25) is 9.59 Å². The molecule has 30 heavy (non-hydrogen) atoms. The molecule has 0 saturated heterocycles. The van der Waals surface area contributed by atoms with Crippen molar-refractivity contribution in [2.75, 3.05) is 5.75 Å². The van der Waals surface area contributed by atoms with E-state index in [1.807, 2.05) is 58.0 Å². The highest BCUT2D eigenvalue weighted by Crippen LogP contribution is 2.18. The summed E-state index contributed by atoms with van der Waals surface area (Å²) in [5, 5.41) is 3.00. The van der Waals surface area contributed by atoms with Crippen molar-refractivity contribution in [3.05, 3.63) is 70.8 Å². The number of nitrogens with zero attached hydrogens (tertiary/aromatic N) is 1. The fourth-order valence-electron chi connectivity index (χ4n) is 3.17. The zero-order valence-electron chi connectivity index (χ0n) is 19.0. The SMILES string of the molecule is Cc1cccc(CN(C(=O)CSCc2ccccc2C)[C@H](C)C(=O)NC(C)(C)C)c1. The molecule has 0 heterocycles. The Bertz CT molecular complexity index is 873. The molecule has 1 N–H and O–H groups in total. The van der Waals surface area contributed by atoms with Crippen LogP contribution in [0.2, 0.25) is 0 Å². The van der Waals surface area contributed by atoms with Crippen LogP contribution >= 0.6 is 11.8 Å². The Balaban J connectivity index is 2.11. The second-order valence-electron chi connectivity index (χ2n) is 8.85. The van der Waals surface area contributed by atoms with Crippen molar-refractivity contribution in [3.63, 3.8) is 0 Å². The zero-order valence-corrected chi connectivity index (χ0v) is 19.8. The minimum absolute atomic E-state index is 0.0216. The lowest BCUT2D eigenvalue weighted by Gasteiger charge is -2.31. The molecule has 4 nitrogen and oxygen atoms in total. The number of carbonyl (C=O) groups is 2. The molecule has 5 heteroatoms. The fraction of sp³-hybridized carbons (Fsp3) is 0.440. The highest BCUT2D eigenvalue weighted by molar-refractivity contribution is 7.99. The zero-order chi connectivity index (χ0) is 22.3. The number of hydrogen-bond acceptors (Lipinski definition) is 3. The van der Waals surface area contributed by atoms with Crippen molar-refractivity contribution < 1.29 is 9.59 Å². The first-order valence-electron chi connectivity index (χ1n) is 10.4.